The van der Waals surface area contributed by atoms with Crippen LogP contribution < -0.4 is 5.32 Å². The number of aliphatic carboxylic acids is 1. The van der Waals surface area contributed by atoms with E-state index in [0.717, 1.165) is 42.9 Å². The van der Waals surface area contributed by atoms with Crippen molar-refractivity contribution in [1.82, 2.24) is 9.97 Å². The van der Waals surface area contributed by atoms with Crippen LogP contribution in [-0.4, -0.2) is 21.0 Å². The number of hydrogen-bond donors (Lipinski definition) is 2. The Balaban J connectivity index is 1.70. The maximum Gasteiger partial charge on any atom is 0.307 e. The number of anilines is 2. The molecule has 0 spiro atoms. The lowest BCUT2D eigenvalue weighted by atomic mass is 10.1. The van der Waals surface area contributed by atoms with Crippen molar-refractivity contribution in [2.24, 2.45) is 0 Å². The second kappa shape index (κ2) is 7.46. The van der Waals surface area contributed by atoms with Crippen LogP contribution >= 0.6 is 27.3 Å². The molecule has 0 atom stereocenters. The maximum atomic E-state index is 10.8. The largest absolute Gasteiger partial charge is 0.481 e. The molecule has 7 heteroatoms. The summed E-state index contributed by atoms with van der Waals surface area (Å²) in [6.45, 7) is 0. The molecule has 0 saturated heterocycles. The van der Waals surface area contributed by atoms with E-state index in [0.29, 0.717) is 0 Å². The second-order valence-corrected chi connectivity index (χ2v) is 7.72. The van der Waals surface area contributed by atoms with Gasteiger partial charge in [-0.1, -0.05) is 40.2 Å². The average molecular weight is 440 g/mol. The minimum atomic E-state index is -0.842. The van der Waals surface area contributed by atoms with Gasteiger partial charge in [0.1, 0.15) is 17.0 Å². The standard InChI is InChI=1S/C20H14BrN3O2S/c21-14-5-3-13(4-6-14)16-10-27-20-18(16)19(22-11-23-20)24-15-7-1-12(2-8-15)9-17(25)26/h1-8,10-11H,9H2,(H,25,26)(H,22,23,24). The molecule has 5 nitrogen and oxygen atoms in total. The van der Waals surface area contributed by atoms with Gasteiger partial charge in [-0.2, -0.15) is 0 Å². The first-order valence-corrected chi connectivity index (χ1v) is 9.83. The number of carboxylic acid groups (broad SMARTS) is 1. The fraction of sp³-hybridized carbons (Fsp3) is 0.0500. The number of carboxylic acids is 1. The van der Waals surface area contributed by atoms with Gasteiger partial charge in [0.25, 0.3) is 0 Å². The van der Waals surface area contributed by atoms with E-state index >= 15 is 0 Å². The molecule has 0 radical (unpaired) electrons. The highest BCUT2D eigenvalue weighted by Gasteiger charge is 2.13. The van der Waals surface area contributed by atoms with Crippen molar-refractivity contribution in [1.29, 1.82) is 0 Å². The van der Waals surface area contributed by atoms with Crippen LogP contribution in [0.4, 0.5) is 11.5 Å². The fourth-order valence-electron chi connectivity index (χ4n) is 2.83. The summed E-state index contributed by atoms with van der Waals surface area (Å²) in [5, 5.41) is 15.3. The zero-order valence-electron chi connectivity index (χ0n) is 14.0. The van der Waals surface area contributed by atoms with Crippen LogP contribution in [0.2, 0.25) is 0 Å². The van der Waals surface area contributed by atoms with E-state index in [2.05, 4.69) is 48.7 Å². The summed E-state index contributed by atoms with van der Waals surface area (Å²) in [4.78, 5) is 20.5. The Labute approximate surface area is 167 Å². The smallest absolute Gasteiger partial charge is 0.307 e. The topological polar surface area (TPSA) is 75.1 Å². The first kappa shape index (κ1) is 17.6. The SMILES string of the molecule is O=C(O)Cc1ccc(Nc2ncnc3scc(-c4ccc(Br)cc4)c23)cc1. The molecule has 0 aliphatic heterocycles. The van der Waals surface area contributed by atoms with E-state index in [1.807, 2.05) is 24.3 Å². The van der Waals surface area contributed by atoms with Gasteiger partial charge in [0, 0.05) is 21.1 Å². The highest BCUT2D eigenvalue weighted by molar-refractivity contribution is 9.10. The first-order chi connectivity index (χ1) is 13.1. The number of nitrogens with one attached hydrogen (secondary N) is 1. The number of thiophene rings is 1. The molecule has 2 aromatic heterocycles. The van der Waals surface area contributed by atoms with E-state index in [-0.39, 0.29) is 6.42 Å². The van der Waals surface area contributed by atoms with E-state index in [1.54, 1.807) is 29.8 Å². The third-order valence-electron chi connectivity index (χ3n) is 4.10. The molecule has 134 valence electrons. The molecule has 0 unspecified atom stereocenters. The molecule has 2 N–H and O–H groups in total. The van der Waals surface area contributed by atoms with Crippen LogP contribution in [0, 0.1) is 0 Å². The summed E-state index contributed by atoms with van der Waals surface area (Å²) in [6, 6.07) is 15.5. The van der Waals surface area contributed by atoms with Crippen LogP contribution in [-0.2, 0) is 11.2 Å². The van der Waals surface area contributed by atoms with Crippen molar-refractivity contribution >= 4 is 55.0 Å². The number of rotatable bonds is 5. The summed E-state index contributed by atoms with van der Waals surface area (Å²) >= 11 is 5.05. The Bertz CT molecular complexity index is 1110. The number of hydrogen-bond acceptors (Lipinski definition) is 5. The van der Waals surface area contributed by atoms with Crippen LogP contribution in [0.5, 0.6) is 0 Å². The van der Waals surface area contributed by atoms with Crippen LogP contribution in [0.3, 0.4) is 0 Å². The Kier molecular flexibility index (Phi) is 4.87. The zero-order valence-corrected chi connectivity index (χ0v) is 16.4. The number of aromatic nitrogens is 2. The van der Waals surface area contributed by atoms with Crippen molar-refractivity contribution in [3.8, 4) is 11.1 Å². The predicted octanol–water partition coefficient (Wildman–Crippen LogP) is 5.49. The Hall–Kier alpha value is -2.77. The maximum absolute atomic E-state index is 10.8. The first-order valence-electron chi connectivity index (χ1n) is 8.16. The van der Waals surface area contributed by atoms with Crippen molar-refractivity contribution in [2.45, 2.75) is 6.42 Å². The zero-order chi connectivity index (χ0) is 18.8. The highest BCUT2D eigenvalue weighted by atomic mass is 79.9. The number of carbonyl (C=O) groups is 1. The van der Waals surface area contributed by atoms with Crippen molar-refractivity contribution in [3.63, 3.8) is 0 Å². The van der Waals surface area contributed by atoms with Gasteiger partial charge in [0.05, 0.1) is 11.8 Å². The molecule has 4 rings (SSSR count). The molecular weight excluding hydrogens is 426 g/mol. The summed E-state index contributed by atoms with van der Waals surface area (Å²) < 4.78 is 1.03. The molecule has 2 aromatic carbocycles. The summed E-state index contributed by atoms with van der Waals surface area (Å²) in [7, 11) is 0. The lowest BCUT2D eigenvalue weighted by Crippen LogP contribution is -2.00. The minimum absolute atomic E-state index is 0.0102. The molecule has 0 amide bonds. The number of fused-ring (bicyclic) bond motifs is 1. The van der Waals surface area contributed by atoms with E-state index < -0.39 is 5.97 Å². The summed E-state index contributed by atoms with van der Waals surface area (Å²) in [5.41, 5.74) is 3.77. The minimum Gasteiger partial charge on any atom is -0.481 e. The lowest BCUT2D eigenvalue weighted by molar-refractivity contribution is -0.136. The summed E-state index contributed by atoms with van der Waals surface area (Å²) in [6.07, 6.45) is 1.56. The molecule has 27 heavy (non-hydrogen) atoms. The summed E-state index contributed by atoms with van der Waals surface area (Å²) in [5.74, 6) is -0.115. The third-order valence-corrected chi connectivity index (χ3v) is 5.51. The third kappa shape index (κ3) is 3.84. The fourth-order valence-corrected chi connectivity index (χ4v) is 4.01. The van der Waals surface area contributed by atoms with E-state index in [4.69, 9.17) is 5.11 Å². The molecule has 4 aromatic rings. The van der Waals surface area contributed by atoms with E-state index in [1.165, 1.54) is 0 Å². The van der Waals surface area contributed by atoms with Gasteiger partial charge in [0.15, 0.2) is 0 Å². The Morgan fingerprint density at radius 3 is 2.52 bits per heavy atom. The second-order valence-electron chi connectivity index (χ2n) is 5.95. The lowest BCUT2D eigenvalue weighted by Gasteiger charge is -2.09. The molecule has 2 heterocycles. The number of nitrogens with zero attached hydrogens (tertiary/aromatic N) is 2. The van der Waals surface area contributed by atoms with Gasteiger partial charge >= 0.3 is 5.97 Å². The van der Waals surface area contributed by atoms with Gasteiger partial charge in [-0.25, -0.2) is 9.97 Å². The van der Waals surface area contributed by atoms with Crippen LogP contribution in [0.25, 0.3) is 21.3 Å². The Morgan fingerprint density at radius 2 is 1.81 bits per heavy atom. The van der Waals surface area contributed by atoms with Crippen molar-refractivity contribution in [3.05, 3.63) is 70.3 Å². The molecule has 0 aliphatic rings. The molecule has 0 bridgehead atoms. The van der Waals surface area contributed by atoms with Gasteiger partial charge in [-0.05, 0) is 35.4 Å². The highest BCUT2D eigenvalue weighted by Crippen LogP contribution is 2.37. The molecule has 0 fully saturated rings. The molecule has 0 saturated carbocycles. The van der Waals surface area contributed by atoms with Crippen molar-refractivity contribution < 1.29 is 9.90 Å². The van der Waals surface area contributed by atoms with Crippen molar-refractivity contribution in [2.75, 3.05) is 5.32 Å². The number of benzene rings is 2. The van der Waals surface area contributed by atoms with Gasteiger partial charge in [-0.3, -0.25) is 4.79 Å². The van der Waals surface area contributed by atoms with E-state index in [9.17, 15) is 4.79 Å². The van der Waals surface area contributed by atoms with Gasteiger partial charge in [0.2, 0.25) is 0 Å². The Morgan fingerprint density at radius 1 is 1.07 bits per heavy atom. The van der Waals surface area contributed by atoms with Crippen LogP contribution in [0.1, 0.15) is 5.56 Å². The van der Waals surface area contributed by atoms with Crippen LogP contribution in [0.15, 0.2) is 64.7 Å². The van der Waals surface area contributed by atoms with Gasteiger partial charge < -0.3 is 10.4 Å². The normalized spacial score (nSPS) is 10.9. The van der Waals surface area contributed by atoms with Gasteiger partial charge in [-0.15, -0.1) is 11.3 Å². The monoisotopic (exact) mass is 439 g/mol. The molecule has 0 aliphatic carbocycles. The molecular formula is C20H14BrN3O2S. The predicted molar refractivity (Wildman–Crippen MR) is 112 cm³/mol. The average Bonchev–Trinajstić information content (AvgIpc) is 3.09. The number of halogens is 1. The quantitative estimate of drug-likeness (QED) is 0.429.